The molecule has 0 aromatic heterocycles. The van der Waals surface area contributed by atoms with Gasteiger partial charge < -0.3 is 5.11 Å². The second-order valence-corrected chi connectivity index (χ2v) is 12.4. The van der Waals surface area contributed by atoms with Crippen molar-refractivity contribution in [1.29, 1.82) is 0 Å². The zero-order valence-electron chi connectivity index (χ0n) is 22.9. The zero-order chi connectivity index (χ0) is 29.1. The van der Waals surface area contributed by atoms with E-state index in [1.165, 1.54) is 38.6 Å². The number of aliphatic hydroxyl groups is 1. The van der Waals surface area contributed by atoms with Crippen LogP contribution in [0.2, 0.25) is 0 Å². The van der Waals surface area contributed by atoms with Crippen LogP contribution in [0.15, 0.2) is 152 Å². The van der Waals surface area contributed by atoms with Gasteiger partial charge in [-0.25, -0.2) is 0 Å². The van der Waals surface area contributed by atoms with E-state index in [2.05, 4.69) is 103 Å². The summed E-state index contributed by atoms with van der Waals surface area (Å²) in [6, 6.07) is 55.3. The normalized spacial score (nSPS) is 13.2. The Morgan fingerprint density at radius 1 is 0.595 bits per heavy atom. The Bertz CT molecular complexity index is 1700. The van der Waals surface area contributed by atoms with Gasteiger partial charge in [0.05, 0.1) is 0 Å². The number of allylic oxidation sites excluding steroid dienone is 1. The first-order valence-electron chi connectivity index (χ1n) is 13.7. The molecule has 6 aromatic rings. The van der Waals surface area contributed by atoms with Crippen molar-refractivity contribution >= 4 is 41.0 Å². The average molecular weight is 620 g/mol. The molecule has 0 spiro atoms. The molecular weight excluding hydrogens is 591 g/mol. The average Bonchev–Trinajstić information content (AvgIpc) is 3.46. The molecule has 1 aliphatic rings. The standard InChI is InChI=1S/C25H17.C13H12O.2ClH.Ti/c1-2-9-19(10-3-1)24-17-21-12-6-7-13-23(21)25(24)22-15-14-18-8-4-5-11-20(18)16-22;14-13(11-7-3-1-4-8-11)12-9-5-2-6-10-12;;;/h1-15,17,25H;1-10,13-14H;2*1H;/q-1;;;;+2/p-2. The number of rotatable bonds is 4. The molecule has 0 bridgehead atoms. The summed E-state index contributed by atoms with van der Waals surface area (Å²) in [6.07, 6.45) is 1.82. The minimum absolute atomic E-state index is 0.239. The fourth-order valence-corrected chi connectivity index (χ4v) is 5.30. The van der Waals surface area contributed by atoms with E-state index in [1.807, 2.05) is 60.7 Å². The molecule has 7 rings (SSSR count). The molecule has 206 valence electrons. The molecule has 1 aliphatic carbocycles. The Morgan fingerprint density at radius 2 is 1.12 bits per heavy atom. The van der Waals surface area contributed by atoms with Gasteiger partial charge in [-0.3, -0.25) is 0 Å². The van der Waals surface area contributed by atoms with Crippen LogP contribution in [0.25, 0.3) is 22.4 Å². The summed E-state index contributed by atoms with van der Waals surface area (Å²) in [4.78, 5) is 0. The molecular formula is C38H29Cl2OTi-. The molecule has 0 saturated heterocycles. The quantitative estimate of drug-likeness (QED) is 0.154. The Morgan fingerprint density at radius 3 is 1.76 bits per heavy atom. The molecule has 0 radical (unpaired) electrons. The Balaban J connectivity index is 0.000000176. The molecule has 42 heavy (non-hydrogen) atoms. The van der Waals surface area contributed by atoms with Crippen molar-refractivity contribution in [3.05, 3.63) is 191 Å². The Kier molecular flexibility index (Phi) is 10.8. The van der Waals surface area contributed by atoms with Gasteiger partial charge >= 0.3 is 35.6 Å². The molecule has 4 heteroatoms. The second kappa shape index (κ2) is 15.2. The maximum absolute atomic E-state index is 9.99. The van der Waals surface area contributed by atoms with Crippen molar-refractivity contribution < 1.29 is 22.1 Å². The van der Waals surface area contributed by atoms with E-state index in [4.69, 9.17) is 18.6 Å². The molecule has 0 saturated carbocycles. The van der Waals surface area contributed by atoms with Crippen LogP contribution in [0.5, 0.6) is 0 Å². The molecule has 0 heterocycles. The summed E-state index contributed by atoms with van der Waals surface area (Å²) in [7, 11) is 9.78. The Hall–Kier alpha value is -3.43. The third-order valence-electron chi connectivity index (χ3n) is 7.26. The molecule has 1 N–H and O–H groups in total. The monoisotopic (exact) mass is 619 g/mol. The van der Waals surface area contributed by atoms with Gasteiger partial charge in [0, 0.05) is 5.92 Å². The number of fused-ring (bicyclic) bond motifs is 2. The van der Waals surface area contributed by atoms with Crippen molar-refractivity contribution in [1.82, 2.24) is 0 Å². The van der Waals surface area contributed by atoms with Crippen LogP contribution < -0.4 is 0 Å². The van der Waals surface area contributed by atoms with E-state index in [1.54, 1.807) is 0 Å². The van der Waals surface area contributed by atoms with Gasteiger partial charge in [-0.15, -0.1) is 46.7 Å². The first-order chi connectivity index (χ1) is 20.7. The van der Waals surface area contributed by atoms with Crippen molar-refractivity contribution in [2.75, 3.05) is 0 Å². The van der Waals surface area contributed by atoms with E-state index in [9.17, 15) is 5.11 Å². The first kappa shape index (κ1) is 30.0. The van der Waals surface area contributed by atoms with Crippen molar-refractivity contribution in [3.63, 3.8) is 0 Å². The number of benzene rings is 6. The fraction of sp³-hybridized carbons (Fsp3) is 0.0526. The number of aliphatic hydroxyl groups excluding tert-OH is 1. The first-order valence-corrected chi connectivity index (χ1v) is 18.0. The predicted octanol–water partition coefficient (Wildman–Crippen LogP) is 10.5. The van der Waals surface area contributed by atoms with Crippen LogP contribution >= 0.6 is 18.6 Å². The van der Waals surface area contributed by atoms with Crippen LogP contribution in [0.4, 0.5) is 0 Å². The third kappa shape index (κ3) is 7.31. The fourth-order valence-electron chi connectivity index (χ4n) is 5.30. The van der Waals surface area contributed by atoms with E-state index >= 15 is 0 Å². The van der Waals surface area contributed by atoms with E-state index in [-0.39, 0.29) is 5.92 Å². The van der Waals surface area contributed by atoms with Crippen molar-refractivity contribution in [3.8, 4) is 0 Å². The smallest absolute Gasteiger partial charge is 0.0182 e. The molecule has 1 atom stereocenters. The molecule has 0 aliphatic heterocycles. The zero-order valence-corrected chi connectivity index (χ0v) is 25.9. The van der Waals surface area contributed by atoms with E-state index in [0.717, 1.165) is 11.1 Å². The van der Waals surface area contributed by atoms with Crippen LogP contribution in [-0.2, 0) is 17.0 Å². The SMILES string of the molecule is OC(c1ccccc1)c1ccccc1.[Cl][Ti][Cl].[c-]1c(C2C(c3ccccc3)=Cc3ccccc32)ccc2ccccc12. The largest absolute Gasteiger partial charge is 0.143 e. The molecule has 6 aromatic carbocycles. The summed E-state index contributed by atoms with van der Waals surface area (Å²) >= 11 is -0.556. The van der Waals surface area contributed by atoms with Gasteiger partial charge in [0.2, 0.25) is 0 Å². The second-order valence-electron chi connectivity index (χ2n) is 9.82. The summed E-state index contributed by atoms with van der Waals surface area (Å²) in [5.74, 6) is 0.239. The number of hydrogen-bond donors (Lipinski definition) is 1. The van der Waals surface area contributed by atoms with Crippen molar-refractivity contribution in [2.24, 2.45) is 0 Å². The van der Waals surface area contributed by atoms with Crippen LogP contribution in [-0.4, -0.2) is 5.11 Å². The van der Waals surface area contributed by atoms with Crippen LogP contribution in [0.3, 0.4) is 0 Å². The van der Waals surface area contributed by atoms with E-state index < -0.39 is 23.1 Å². The number of hydrogen-bond acceptors (Lipinski definition) is 1. The molecule has 1 nitrogen and oxygen atoms in total. The van der Waals surface area contributed by atoms with Gasteiger partial charge in [-0.1, -0.05) is 127 Å². The summed E-state index contributed by atoms with van der Waals surface area (Å²) < 4.78 is 0. The van der Waals surface area contributed by atoms with Crippen LogP contribution in [0.1, 0.15) is 45.4 Å². The van der Waals surface area contributed by atoms with Gasteiger partial charge in [0.25, 0.3) is 0 Å². The maximum atomic E-state index is 9.99. The van der Waals surface area contributed by atoms with Crippen molar-refractivity contribution in [2.45, 2.75) is 12.0 Å². The van der Waals surface area contributed by atoms with E-state index in [0.29, 0.717) is 0 Å². The van der Waals surface area contributed by atoms with Gasteiger partial charge in [0.15, 0.2) is 0 Å². The summed E-state index contributed by atoms with van der Waals surface area (Å²) in [6.45, 7) is 0. The maximum Gasteiger partial charge on any atom is 0.0182 e. The van der Waals surface area contributed by atoms with Crippen LogP contribution in [0, 0.1) is 6.07 Å². The van der Waals surface area contributed by atoms with Gasteiger partial charge in [-0.2, -0.15) is 0 Å². The topological polar surface area (TPSA) is 20.2 Å². The Labute approximate surface area is 264 Å². The molecule has 0 fully saturated rings. The third-order valence-corrected chi connectivity index (χ3v) is 7.26. The number of halogens is 2. The summed E-state index contributed by atoms with van der Waals surface area (Å²) in [5, 5.41) is 12.4. The van der Waals surface area contributed by atoms with Gasteiger partial charge in [0.1, 0.15) is 6.10 Å². The van der Waals surface area contributed by atoms with Gasteiger partial charge in [-0.05, 0) is 39.5 Å². The minimum atomic E-state index is -0.556. The summed E-state index contributed by atoms with van der Waals surface area (Å²) in [5.41, 5.74) is 8.41. The molecule has 1 unspecified atom stereocenters. The molecule has 0 amide bonds. The minimum Gasteiger partial charge on any atom is -0.143 e. The predicted molar refractivity (Wildman–Crippen MR) is 174 cm³/mol.